The van der Waals surface area contributed by atoms with Crippen LogP contribution in [0.3, 0.4) is 0 Å². The van der Waals surface area contributed by atoms with E-state index in [0.717, 1.165) is 11.4 Å². The zero-order valence-electron chi connectivity index (χ0n) is 11.3. The van der Waals surface area contributed by atoms with E-state index >= 15 is 0 Å². The van der Waals surface area contributed by atoms with Gasteiger partial charge in [-0.25, -0.2) is 9.97 Å². The Morgan fingerprint density at radius 2 is 1.90 bits per heavy atom. The van der Waals surface area contributed by atoms with E-state index in [2.05, 4.69) is 15.3 Å². The van der Waals surface area contributed by atoms with Gasteiger partial charge < -0.3 is 10.4 Å². The first-order chi connectivity index (χ1) is 9.54. The van der Waals surface area contributed by atoms with Crippen molar-refractivity contribution in [2.45, 2.75) is 19.0 Å². The van der Waals surface area contributed by atoms with Gasteiger partial charge in [-0.3, -0.25) is 4.79 Å². The third kappa shape index (κ3) is 3.96. The zero-order chi connectivity index (χ0) is 14.5. The van der Waals surface area contributed by atoms with E-state index in [9.17, 15) is 9.90 Å². The molecule has 0 aliphatic heterocycles. The lowest BCUT2D eigenvalue weighted by atomic mass is 10.3. The number of aromatic hydroxyl groups is 1. The van der Waals surface area contributed by atoms with E-state index in [1.165, 1.54) is 17.8 Å². The highest BCUT2D eigenvalue weighted by atomic mass is 32.2. The Labute approximate surface area is 121 Å². The Bertz CT molecular complexity index is 611. The first-order valence-corrected chi connectivity index (χ1v) is 7.06. The second-order valence-corrected chi connectivity index (χ2v) is 5.23. The summed E-state index contributed by atoms with van der Waals surface area (Å²) in [7, 11) is 0. The van der Waals surface area contributed by atoms with Crippen LogP contribution in [0.5, 0.6) is 5.75 Å². The number of hydrogen-bond donors (Lipinski definition) is 2. The van der Waals surface area contributed by atoms with Crippen molar-refractivity contribution in [3.63, 3.8) is 0 Å². The molecule has 0 spiro atoms. The average Bonchev–Trinajstić information content (AvgIpc) is 2.38. The molecule has 1 heterocycles. The molecule has 0 aliphatic rings. The van der Waals surface area contributed by atoms with Gasteiger partial charge in [-0.1, -0.05) is 23.9 Å². The Kier molecular flexibility index (Phi) is 4.57. The molecule has 6 heteroatoms. The molecule has 0 saturated heterocycles. The first-order valence-electron chi connectivity index (χ1n) is 6.07. The van der Waals surface area contributed by atoms with E-state index < -0.39 is 0 Å². The maximum absolute atomic E-state index is 11.8. The predicted molar refractivity (Wildman–Crippen MR) is 79.0 cm³/mol. The van der Waals surface area contributed by atoms with E-state index in [1.54, 1.807) is 18.2 Å². The van der Waals surface area contributed by atoms with Crippen molar-refractivity contribution in [3.05, 3.63) is 41.7 Å². The topological polar surface area (TPSA) is 75.1 Å². The number of phenolic OH excluding ortho intramolecular Hbond substituents is 1. The van der Waals surface area contributed by atoms with Crippen LogP contribution in [0.2, 0.25) is 0 Å². The number of nitrogens with zero attached hydrogens (tertiary/aromatic N) is 2. The van der Waals surface area contributed by atoms with Crippen molar-refractivity contribution in [2.75, 3.05) is 11.1 Å². The van der Waals surface area contributed by atoms with Crippen LogP contribution in [0.4, 0.5) is 5.69 Å². The maximum atomic E-state index is 11.8. The number of benzene rings is 1. The van der Waals surface area contributed by atoms with Gasteiger partial charge in [0.2, 0.25) is 5.91 Å². The smallest absolute Gasteiger partial charge is 0.234 e. The molecule has 1 aromatic carbocycles. The van der Waals surface area contributed by atoms with Gasteiger partial charge in [0, 0.05) is 11.4 Å². The van der Waals surface area contributed by atoms with Gasteiger partial charge in [-0.15, -0.1) is 0 Å². The highest BCUT2D eigenvalue weighted by molar-refractivity contribution is 7.99. The van der Waals surface area contributed by atoms with Crippen molar-refractivity contribution in [3.8, 4) is 5.75 Å². The van der Waals surface area contributed by atoms with Crippen LogP contribution in [-0.4, -0.2) is 26.7 Å². The van der Waals surface area contributed by atoms with Crippen molar-refractivity contribution < 1.29 is 9.90 Å². The summed E-state index contributed by atoms with van der Waals surface area (Å²) >= 11 is 1.27. The number of rotatable bonds is 4. The summed E-state index contributed by atoms with van der Waals surface area (Å²) in [5, 5.41) is 12.8. The van der Waals surface area contributed by atoms with Gasteiger partial charge in [-0.05, 0) is 32.0 Å². The molecule has 0 atom stereocenters. The van der Waals surface area contributed by atoms with Crippen molar-refractivity contribution in [2.24, 2.45) is 0 Å². The molecule has 2 N–H and O–H groups in total. The van der Waals surface area contributed by atoms with Crippen molar-refractivity contribution >= 4 is 23.4 Å². The molecule has 2 aromatic rings. The van der Waals surface area contributed by atoms with Crippen LogP contribution in [-0.2, 0) is 4.79 Å². The molecule has 0 fully saturated rings. The monoisotopic (exact) mass is 289 g/mol. The van der Waals surface area contributed by atoms with E-state index in [-0.39, 0.29) is 17.4 Å². The van der Waals surface area contributed by atoms with Crippen LogP contribution < -0.4 is 5.32 Å². The minimum atomic E-state index is -0.209. The number of carbonyl (C=O) groups is 1. The molecular weight excluding hydrogens is 274 g/mol. The number of anilines is 1. The minimum Gasteiger partial charge on any atom is -0.506 e. The maximum Gasteiger partial charge on any atom is 0.234 e. The third-order valence-corrected chi connectivity index (χ3v) is 3.32. The lowest BCUT2D eigenvalue weighted by molar-refractivity contribution is -0.113. The van der Waals surface area contributed by atoms with E-state index in [0.29, 0.717) is 10.8 Å². The fourth-order valence-electron chi connectivity index (χ4n) is 1.65. The second-order valence-electron chi connectivity index (χ2n) is 4.29. The number of phenols is 1. The molecule has 0 radical (unpaired) electrons. The largest absolute Gasteiger partial charge is 0.506 e. The molecule has 0 unspecified atom stereocenters. The normalized spacial score (nSPS) is 10.3. The molecule has 0 aliphatic carbocycles. The van der Waals surface area contributed by atoms with Crippen LogP contribution >= 0.6 is 11.8 Å². The average molecular weight is 289 g/mol. The number of aryl methyl sites for hydroxylation is 2. The summed E-state index contributed by atoms with van der Waals surface area (Å²) in [6.45, 7) is 3.78. The van der Waals surface area contributed by atoms with Crippen LogP contribution in [0.15, 0.2) is 35.5 Å². The standard InChI is InChI=1S/C14H15N3O2S/c1-9-7-10(2)16-14(15-9)20-8-13(19)17-11-5-3-4-6-12(11)18/h3-7,18H,8H2,1-2H3,(H,17,19). The first kappa shape index (κ1) is 14.3. The fourth-order valence-corrected chi connectivity index (χ4v) is 2.40. The summed E-state index contributed by atoms with van der Waals surface area (Å²) in [5.74, 6) is 0.0322. The lowest BCUT2D eigenvalue weighted by Crippen LogP contribution is -2.14. The number of nitrogens with one attached hydrogen (secondary N) is 1. The van der Waals surface area contributed by atoms with E-state index in [1.807, 2.05) is 19.9 Å². The predicted octanol–water partition coefficient (Wildman–Crippen LogP) is 2.53. The number of aromatic nitrogens is 2. The molecule has 20 heavy (non-hydrogen) atoms. The summed E-state index contributed by atoms with van der Waals surface area (Å²) < 4.78 is 0. The highest BCUT2D eigenvalue weighted by Gasteiger charge is 2.08. The Morgan fingerprint density at radius 1 is 1.25 bits per heavy atom. The number of thioether (sulfide) groups is 1. The summed E-state index contributed by atoms with van der Waals surface area (Å²) in [6.07, 6.45) is 0. The quantitative estimate of drug-likeness (QED) is 0.514. The molecule has 1 amide bonds. The second kappa shape index (κ2) is 6.38. The minimum absolute atomic E-state index is 0.0495. The highest BCUT2D eigenvalue weighted by Crippen LogP contribution is 2.22. The van der Waals surface area contributed by atoms with Gasteiger partial charge in [0.1, 0.15) is 5.75 Å². The van der Waals surface area contributed by atoms with Gasteiger partial charge in [0.15, 0.2) is 5.16 Å². The van der Waals surface area contributed by atoms with Crippen LogP contribution in [0.25, 0.3) is 0 Å². The van der Waals surface area contributed by atoms with Crippen LogP contribution in [0.1, 0.15) is 11.4 Å². The number of carbonyl (C=O) groups excluding carboxylic acids is 1. The summed E-state index contributed by atoms with van der Waals surface area (Å²) in [6, 6.07) is 8.49. The molecule has 2 rings (SSSR count). The molecule has 0 saturated carbocycles. The number of hydrogen-bond acceptors (Lipinski definition) is 5. The Morgan fingerprint density at radius 3 is 2.55 bits per heavy atom. The Hall–Kier alpha value is -2.08. The zero-order valence-corrected chi connectivity index (χ0v) is 12.1. The summed E-state index contributed by atoms with van der Waals surface area (Å²) in [5.41, 5.74) is 2.15. The van der Waals surface area contributed by atoms with Gasteiger partial charge >= 0.3 is 0 Å². The Balaban J connectivity index is 1.94. The number of para-hydroxylation sites is 2. The number of amides is 1. The van der Waals surface area contributed by atoms with Crippen LogP contribution in [0, 0.1) is 13.8 Å². The molecule has 1 aromatic heterocycles. The van der Waals surface area contributed by atoms with Gasteiger partial charge in [-0.2, -0.15) is 0 Å². The van der Waals surface area contributed by atoms with Gasteiger partial charge in [0.05, 0.1) is 11.4 Å². The fraction of sp³-hybridized carbons (Fsp3) is 0.214. The SMILES string of the molecule is Cc1cc(C)nc(SCC(=O)Nc2ccccc2O)n1. The molecule has 0 bridgehead atoms. The van der Waals surface area contributed by atoms with Crippen molar-refractivity contribution in [1.29, 1.82) is 0 Å². The molecule has 104 valence electrons. The van der Waals surface area contributed by atoms with Gasteiger partial charge in [0.25, 0.3) is 0 Å². The summed E-state index contributed by atoms with van der Waals surface area (Å²) in [4.78, 5) is 20.3. The molecule has 5 nitrogen and oxygen atoms in total. The van der Waals surface area contributed by atoms with Crippen molar-refractivity contribution in [1.82, 2.24) is 9.97 Å². The van der Waals surface area contributed by atoms with E-state index in [4.69, 9.17) is 0 Å². The lowest BCUT2D eigenvalue weighted by Gasteiger charge is -2.06. The molecular formula is C14H15N3O2S. The third-order valence-electron chi connectivity index (χ3n) is 2.47.